The van der Waals surface area contributed by atoms with Crippen molar-refractivity contribution in [1.29, 1.82) is 0 Å². The number of carbonyl (C=O) groups excluding carboxylic acids is 1. The molecule has 7 nitrogen and oxygen atoms in total. The van der Waals surface area contributed by atoms with Crippen LogP contribution in [0.2, 0.25) is 0 Å². The highest BCUT2D eigenvalue weighted by Gasteiger charge is 2.11. The van der Waals surface area contributed by atoms with Gasteiger partial charge in [0.25, 0.3) is 0 Å². The summed E-state index contributed by atoms with van der Waals surface area (Å²) in [5.41, 5.74) is 0.854. The summed E-state index contributed by atoms with van der Waals surface area (Å²) in [6.07, 6.45) is 0.768. The molecule has 0 bridgehead atoms. The molecule has 0 atom stereocenters. The zero-order valence-electron chi connectivity index (χ0n) is 15.8. The van der Waals surface area contributed by atoms with Crippen LogP contribution < -0.4 is 10.1 Å². The van der Waals surface area contributed by atoms with Crippen LogP contribution in [0.3, 0.4) is 0 Å². The van der Waals surface area contributed by atoms with Crippen LogP contribution >= 0.6 is 0 Å². The maximum atomic E-state index is 11.9. The Morgan fingerprint density at radius 2 is 1.92 bits per heavy atom. The van der Waals surface area contributed by atoms with Gasteiger partial charge in [0, 0.05) is 31.5 Å². The Morgan fingerprint density at radius 1 is 1.19 bits per heavy atom. The molecule has 0 radical (unpaired) electrons. The van der Waals surface area contributed by atoms with E-state index in [1.807, 2.05) is 31.2 Å². The highest BCUT2D eigenvalue weighted by Crippen LogP contribution is 2.20. The molecule has 0 aliphatic rings. The summed E-state index contributed by atoms with van der Waals surface area (Å²) >= 11 is 0. The maximum absolute atomic E-state index is 11.9. The molecule has 142 valence electrons. The van der Waals surface area contributed by atoms with Gasteiger partial charge >= 0.3 is 0 Å². The lowest BCUT2D eigenvalue weighted by Gasteiger charge is -2.17. The van der Waals surface area contributed by atoms with Gasteiger partial charge < -0.3 is 19.5 Å². The molecular weight excluding hydrogens is 332 g/mol. The standard InChI is InChI=1S/C19H28N4O3/c1-4-23(5-2)14-13-20-17(24)11-12-18-21-19(22-26-18)15-7-9-16(10-8-15)25-6-3/h7-10H,4-6,11-14H2,1-3H3,(H,20,24). The summed E-state index contributed by atoms with van der Waals surface area (Å²) in [4.78, 5) is 18.5. The van der Waals surface area contributed by atoms with Crippen LogP contribution in [0, 0.1) is 0 Å². The molecule has 0 aliphatic heterocycles. The molecule has 1 heterocycles. The van der Waals surface area contributed by atoms with E-state index >= 15 is 0 Å². The number of hydrogen-bond donors (Lipinski definition) is 1. The van der Waals surface area contributed by atoms with E-state index in [1.165, 1.54) is 0 Å². The van der Waals surface area contributed by atoms with E-state index in [1.54, 1.807) is 0 Å². The van der Waals surface area contributed by atoms with Gasteiger partial charge in [-0.1, -0.05) is 19.0 Å². The van der Waals surface area contributed by atoms with Gasteiger partial charge in [-0.3, -0.25) is 4.79 Å². The van der Waals surface area contributed by atoms with Gasteiger partial charge in [-0.25, -0.2) is 0 Å². The number of benzene rings is 1. The molecule has 7 heteroatoms. The number of amides is 1. The third-order valence-electron chi connectivity index (χ3n) is 4.10. The summed E-state index contributed by atoms with van der Waals surface area (Å²) in [6, 6.07) is 7.52. The van der Waals surface area contributed by atoms with Crippen molar-refractivity contribution in [3.8, 4) is 17.1 Å². The van der Waals surface area contributed by atoms with Gasteiger partial charge in [0.15, 0.2) is 0 Å². The molecule has 1 aromatic carbocycles. The second-order valence-electron chi connectivity index (χ2n) is 5.85. The predicted octanol–water partition coefficient (Wildman–Crippen LogP) is 2.53. The zero-order valence-corrected chi connectivity index (χ0v) is 15.8. The molecule has 2 rings (SSSR count). The van der Waals surface area contributed by atoms with Crippen molar-refractivity contribution in [1.82, 2.24) is 20.4 Å². The van der Waals surface area contributed by atoms with Crippen LogP contribution in [0.5, 0.6) is 5.75 Å². The molecular formula is C19H28N4O3. The van der Waals surface area contributed by atoms with Crippen molar-refractivity contribution in [3.63, 3.8) is 0 Å². The minimum absolute atomic E-state index is 0.00188. The lowest BCUT2D eigenvalue weighted by atomic mass is 10.2. The van der Waals surface area contributed by atoms with Crippen LogP contribution in [0.15, 0.2) is 28.8 Å². The van der Waals surface area contributed by atoms with Gasteiger partial charge in [-0.15, -0.1) is 0 Å². The van der Waals surface area contributed by atoms with Gasteiger partial charge in [0.2, 0.25) is 17.6 Å². The molecule has 26 heavy (non-hydrogen) atoms. The van der Waals surface area contributed by atoms with Crippen LogP contribution in [-0.2, 0) is 11.2 Å². The molecule has 0 spiro atoms. The number of rotatable bonds is 11. The topological polar surface area (TPSA) is 80.5 Å². The lowest BCUT2D eigenvalue weighted by molar-refractivity contribution is -0.121. The molecule has 1 aromatic heterocycles. The third kappa shape index (κ3) is 6.15. The lowest BCUT2D eigenvalue weighted by Crippen LogP contribution is -2.34. The summed E-state index contributed by atoms with van der Waals surface area (Å²) in [5.74, 6) is 1.79. The van der Waals surface area contributed by atoms with Crippen LogP contribution in [0.25, 0.3) is 11.4 Å². The monoisotopic (exact) mass is 360 g/mol. The molecule has 2 aromatic rings. The number of hydrogen-bond acceptors (Lipinski definition) is 6. The van der Waals surface area contributed by atoms with Crippen molar-refractivity contribution >= 4 is 5.91 Å². The SMILES string of the molecule is CCOc1ccc(-c2noc(CCC(=O)NCCN(CC)CC)n2)cc1. The van der Waals surface area contributed by atoms with Crippen LogP contribution in [0.1, 0.15) is 33.1 Å². The summed E-state index contributed by atoms with van der Waals surface area (Å²) in [6.45, 7) is 10.3. The average molecular weight is 360 g/mol. The Morgan fingerprint density at radius 3 is 2.58 bits per heavy atom. The van der Waals surface area contributed by atoms with E-state index in [0.29, 0.717) is 37.7 Å². The first-order valence-electron chi connectivity index (χ1n) is 9.21. The van der Waals surface area contributed by atoms with E-state index in [2.05, 4.69) is 34.2 Å². The fourth-order valence-corrected chi connectivity index (χ4v) is 2.54. The van der Waals surface area contributed by atoms with E-state index in [9.17, 15) is 4.79 Å². The van der Waals surface area contributed by atoms with Crippen molar-refractivity contribution in [2.24, 2.45) is 0 Å². The zero-order chi connectivity index (χ0) is 18.8. The maximum Gasteiger partial charge on any atom is 0.227 e. The Kier molecular flexibility index (Phi) is 8.08. The molecule has 0 saturated carbocycles. The first kappa shape index (κ1) is 19.9. The Labute approximate surface area is 154 Å². The number of carbonyl (C=O) groups is 1. The van der Waals surface area contributed by atoms with Crippen molar-refractivity contribution in [2.75, 3.05) is 32.8 Å². The summed E-state index contributed by atoms with van der Waals surface area (Å²) in [7, 11) is 0. The molecule has 1 N–H and O–H groups in total. The Balaban J connectivity index is 1.78. The summed E-state index contributed by atoms with van der Waals surface area (Å²) in [5, 5.41) is 6.91. The first-order chi connectivity index (χ1) is 12.7. The number of ether oxygens (including phenoxy) is 1. The smallest absolute Gasteiger partial charge is 0.227 e. The highest BCUT2D eigenvalue weighted by atomic mass is 16.5. The number of nitrogens with one attached hydrogen (secondary N) is 1. The number of aromatic nitrogens is 2. The predicted molar refractivity (Wildman–Crippen MR) is 100 cm³/mol. The van der Waals surface area contributed by atoms with Crippen molar-refractivity contribution in [2.45, 2.75) is 33.6 Å². The number of nitrogens with zero attached hydrogens (tertiary/aromatic N) is 3. The van der Waals surface area contributed by atoms with Crippen LogP contribution in [-0.4, -0.2) is 53.7 Å². The van der Waals surface area contributed by atoms with E-state index in [4.69, 9.17) is 9.26 Å². The van der Waals surface area contributed by atoms with Gasteiger partial charge in [0.1, 0.15) is 5.75 Å². The van der Waals surface area contributed by atoms with Crippen molar-refractivity contribution in [3.05, 3.63) is 30.2 Å². The minimum atomic E-state index is -0.00188. The average Bonchev–Trinajstić information content (AvgIpc) is 3.13. The van der Waals surface area contributed by atoms with Gasteiger partial charge in [0.05, 0.1) is 6.61 Å². The molecule has 0 unspecified atom stereocenters. The molecule has 1 amide bonds. The van der Waals surface area contributed by atoms with Crippen LogP contribution in [0.4, 0.5) is 0 Å². The fourth-order valence-electron chi connectivity index (χ4n) is 2.54. The van der Waals surface area contributed by atoms with E-state index < -0.39 is 0 Å². The van der Waals surface area contributed by atoms with Gasteiger partial charge in [-0.2, -0.15) is 4.98 Å². The van der Waals surface area contributed by atoms with Crippen molar-refractivity contribution < 1.29 is 14.1 Å². The highest BCUT2D eigenvalue weighted by molar-refractivity contribution is 5.76. The summed E-state index contributed by atoms with van der Waals surface area (Å²) < 4.78 is 10.7. The quantitative estimate of drug-likeness (QED) is 0.663. The molecule has 0 aliphatic carbocycles. The molecule has 0 fully saturated rings. The van der Waals surface area contributed by atoms with E-state index in [0.717, 1.165) is 30.9 Å². The largest absolute Gasteiger partial charge is 0.494 e. The normalized spacial score (nSPS) is 10.9. The number of likely N-dealkylation sites (N-methyl/N-ethyl adjacent to an activating group) is 1. The first-order valence-corrected chi connectivity index (χ1v) is 9.21. The second-order valence-corrected chi connectivity index (χ2v) is 5.85. The van der Waals surface area contributed by atoms with Gasteiger partial charge in [-0.05, 0) is 44.3 Å². The Bertz CT molecular complexity index is 666. The number of aryl methyl sites for hydroxylation is 1. The molecule has 0 saturated heterocycles. The fraction of sp³-hybridized carbons (Fsp3) is 0.526. The minimum Gasteiger partial charge on any atom is -0.494 e. The third-order valence-corrected chi connectivity index (χ3v) is 4.10. The second kappa shape index (κ2) is 10.6. The van der Waals surface area contributed by atoms with E-state index in [-0.39, 0.29) is 5.91 Å². The Hall–Kier alpha value is -2.41.